The van der Waals surface area contributed by atoms with Gasteiger partial charge in [0.05, 0.1) is 0 Å². The number of nitrogens with one attached hydrogen (secondary N) is 1. The van der Waals surface area contributed by atoms with Crippen LogP contribution in [0.25, 0.3) is 0 Å². The van der Waals surface area contributed by atoms with Crippen LogP contribution in [0.1, 0.15) is 28.8 Å². The van der Waals surface area contributed by atoms with E-state index in [1.807, 2.05) is 24.1 Å². The van der Waals surface area contributed by atoms with E-state index in [4.69, 9.17) is 0 Å². The van der Waals surface area contributed by atoms with Gasteiger partial charge in [0, 0.05) is 51.4 Å². The highest BCUT2D eigenvalue weighted by atomic mass is 16.2. The second-order valence-electron chi connectivity index (χ2n) is 7.60. The standard InChI is InChI=1S/C20H32N4O/c1-21-14-18-6-4-8-24(16-18)20(25)19-7-3-5-17(13-19)15-23-11-9-22(2)10-12-23/h3,5,7,13,18,21H,4,6,8-12,14-16H2,1-2H3. The van der Waals surface area contributed by atoms with Crippen LogP contribution in [0.15, 0.2) is 24.3 Å². The Morgan fingerprint density at radius 2 is 2.00 bits per heavy atom. The number of rotatable bonds is 5. The van der Waals surface area contributed by atoms with Crippen molar-refractivity contribution in [1.82, 2.24) is 20.0 Å². The molecule has 1 aromatic rings. The number of carbonyl (C=O) groups is 1. The summed E-state index contributed by atoms with van der Waals surface area (Å²) in [6, 6.07) is 8.25. The molecule has 1 unspecified atom stereocenters. The third-order valence-electron chi connectivity index (χ3n) is 5.48. The van der Waals surface area contributed by atoms with E-state index in [-0.39, 0.29) is 5.91 Å². The van der Waals surface area contributed by atoms with E-state index < -0.39 is 0 Å². The Hall–Kier alpha value is -1.43. The predicted octanol–water partition coefficient (Wildman–Crippen LogP) is 1.51. The Balaban J connectivity index is 1.61. The third-order valence-corrected chi connectivity index (χ3v) is 5.48. The smallest absolute Gasteiger partial charge is 0.253 e. The van der Waals surface area contributed by atoms with Gasteiger partial charge < -0.3 is 15.1 Å². The molecule has 0 bridgehead atoms. The maximum absolute atomic E-state index is 12.9. The molecule has 2 heterocycles. The minimum Gasteiger partial charge on any atom is -0.338 e. The highest BCUT2D eigenvalue weighted by Crippen LogP contribution is 2.19. The van der Waals surface area contributed by atoms with Crippen molar-refractivity contribution in [3.63, 3.8) is 0 Å². The number of piperazine rings is 1. The second-order valence-corrected chi connectivity index (χ2v) is 7.60. The molecule has 0 radical (unpaired) electrons. The molecular formula is C20H32N4O. The maximum Gasteiger partial charge on any atom is 0.253 e. The lowest BCUT2D eigenvalue weighted by molar-refractivity contribution is 0.0674. The van der Waals surface area contributed by atoms with E-state index in [1.54, 1.807) is 0 Å². The molecule has 138 valence electrons. The summed E-state index contributed by atoms with van der Waals surface area (Å²) in [5.74, 6) is 0.775. The van der Waals surface area contributed by atoms with Crippen LogP contribution in [0, 0.1) is 5.92 Å². The van der Waals surface area contributed by atoms with Crippen LogP contribution in [-0.4, -0.2) is 80.5 Å². The number of amides is 1. The zero-order valence-corrected chi connectivity index (χ0v) is 15.7. The molecule has 2 aliphatic rings. The van der Waals surface area contributed by atoms with E-state index >= 15 is 0 Å². The fourth-order valence-electron chi connectivity index (χ4n) is 3.95. The van der Waals surface area contributed by atoms with E-state index in [1.165, 1.54) is 12.0 Å². The SMILES string of the molecule is CNCC1CCCN(C(=O)c2cccc(CN3CCN(C)CC3)c2)C1. The highest BCUT2D eigenvalue weighted by molar-refractivity contribution is 5.94. The van der Waals surface area contributed by atoms with Crippen molar-refractivity contribution in [2.24, 2.45) is 5.92 Å². The summed E-state index contributed by atoms with van der Waals surface area (Å²) in [7, 11) is 4.17. The van der Waals surface area contributed by atoms with E-state index in [9.17, 15) is 4.79 Å². The van der Waals surface area contributed by atoms with Crippen LogP contribution in [0.2, 0.25) is 0 Å². The summed E-state index contributed by atoms with van der Waals surface area (Å²) in [6.07, 6.45) is 2.33. The monoisotopic (exact) mass is 344 g/mol. The topological polar surface area (TPSA) is 38.8 Å². The predicted molar refractivity (Wildman–Crippen MR) is 102 cm³/mol. The van der Waals surface area contributed by atoms with Gasteiger partial charge >= 0.3 is 0 Å². The fourth-order valence-corrected chi connectivity index (χ4v) is 3.95. The number of piperidine rings is 1. The summed E-state index contributed by atoms with van der Waals surface area (Å²) in [5, 5.41) is 3.25. The van der Waals surface area contributed by atoms with Crippen LogP contribution >= 0.6 is 0 Å². The number of likely N-dealkylation sites (N-methyl/N-ethyl adjacent to an activating group) is 1. The summed E-state index contributed by atoms with van der Waals surface area (Å²) >= 11 is 0. The average Bonchev–Trinajstić information content (AvgIpc) is 2.64. The van der Waals surface area contributed by atoms with Crippen molar-refractivity contribution in [3.8, 4) is 0 Å². The van der Waals surface area contributed by atoms with Gasteiger partial charge in [0.1, 0.15) is 0 Å². The van der Waals surface area contributed by atoms with Gasteiger partial charge in [0.15, 0.2) is 0 Å². The molecular weight excluding hydrogens is 312 g/mol. The van der Waals surface area contributed by atoms with Crippen molar-refractivity contribution < 1.29 is 4.79 Å². The first-order valence-corrected chi connectivity index (χ1v) is 9.59. The van der Waals surface area contributed by atoms with Crippen molar-refractivity contribution in [2.75, 3.05) is 59.9 Å². The summed E-state index contributed by atoms with van der Waals surface area (Å²) in [5.41, 5.74) is 2.09. The Bertz CT molecular complexity index is 567. The first-order chi connectivity index (χ1) is 12.2. The van der Waals surface area contributed by atoms with Crippen LogP contribution < -0.4 is 5.32 Å². The average molecular weight is 345 g/mol. The molecule has 5 nitrogen and oxygen atoms in total. The van der Waals surface area contributed by atoms with E-state index in [2.05, 4.69) is 34.3 Å². The van der Waals surface area contributed by atoms with Gasteiger partial charge in [-0.1, -0.05) is 12.1 Å². The van der Waals surface area contributed by atoms with Crippen molar-refractivity contribution in [2.45, 2.75) is 19.4 Å². The molecule has 3 rings (SSSR count). The Kier molecular flexibility index (Phi) is 6.45. The van der Waals surface area contributed by atoms with Gasteiger partial charge in [-0.05, 0) is 57.1 Å². The zero-order chi connectivity index (χ0) is 17.6. The quantitative estimate of drug-likeness (QED) is 0.879. The molecule has 2 saturated heterocycles. The lowest BCUT2D eigenvalue weighted by Crippen LogP contribution is -2.44. The highest BCUT2D eigenvalue weighted by Gasteiger charge is 2.24. The molecule has 2 aliphatic heterocycles. The number of hydrogen-bond acceptors (Lipinski definition) is 4. The Labute approximate surface area is 152 Å². The molecule has 0 spiro atoms. The lowest BCUT2D eigenvalue weighted by atomic mass is 9.97. The maximum atomic E-state index is 12.9. The second kappa shape index (κ2) is 8.79. The molecule has 25 heavy (non-hydrogen) atoms. The molecule has 1 atom stereocenters. The number of carbonyl (C=O) groups excluding carboxylic acids is 1. The molecule has 0 aromatic heterocycles. The van der Waals surface area contributed by atoms with Crippen molar-refractivity contribution in [1.29, 1.82) is 0 Å². The third kappa shape index (κ3) is 5.03. The molecule has 0 aliphatic carbocycles. The van der Waals surface area contributed by atoms with Gasteiger partial charge in [-0.3, -0.25) is 9.69 Å². The molecule has 5 heteroatoms. The van der Waals surface area contributed by atoms with Gasteiger partial charge in [0.2, 0.25) is 0 Å². The van der Waals surface area contributed by atoms with E-state index in [0.29, 0.717) is 5.92 Å². The number of benzene rings is 1. The fraction of sp³-hybridized carbons (Fsp3) is 0.650. The summed E-state index contributed by atoms with van der Waals surface area (Å²) < 4.78 is 0. The Morgan fingerprint density at radius 3 is 2.76 bits per heavy atom. The summed E-state index contributed by atoms with van der Waals surface area (Å²) in [4.78, 5) is 19.8. The first-order valence-electron chi connectivity index (χ1n) is 9.59. The molecule has 1 aromatic carbocycles. The largest absolute Gasteiger partial charge is 0.338 e. The summed E-state index contributed by atoms with van der Waals surface area (Å²) in [6.45, 7) is 8.16. The Morgan fingerprint density at radius 1 is 1.20 bits per heavy atom. The van der Waals surface area contributed by atoms with Crippen LogP contribution in [-0.2, 0) is 6.54 Å². The van der Waals surface area contributed by atoms with Gasteiger partial charge in [-0.2, -0.15) is 0 Å². The molecule has 0 saturated carbocycles. The first kappa shape index (κ1) is 18.4. The zero-order valence-electron chi connectivity index (χ0n) is 15.7. The minimum atomic E-state index is 0.195. The van der Waals surface area contributed by atoms with Crippen molar-refractivity contribution >= 4 is 5.91 Å². The van der Waals surface area contributed by atoms with Crippen LogP contribution in [0.4, 0.5) is 0 Å². The van der Waals surface area contributed by atoms with Gasteiger partial charge in [0.25, 0.3) is 5.91 Å². The number of likely N-dealkylation sites (tertiary alicyclic amines) is 1. The van der Waals surface area contributed by atoms with Gasteiger partial charge in [-0.25, -0.2) is 0 Å². The molecule has 2 fully saturated rings. The molecule has 1 N–H and O–H groups in total. The van der Waals surface area contributed by atoms with Crippen molar-refractivity contribution in [3.05, 3.63) is 35.4 Å². The van der Waals surface area contributed by atoms with Crippen LogP contribution in [0.3, 0.4) is 0 Å². The number of nitrogens with zero attached hydrogens (tertiary/aromatic N) is 3. The molecule has 1 amide bonds. The van der Waals surface area contributed by atoms with Gasteiger partial charge in [-0.15, -0.1) is 0 Å². The minimum absolute atomic E-state index is 0.195. The number of hydrogen-bond donors (Lipinski definition) is 1. The van der Waals surface area contributed by atoms with E-state index in [0.717, 1.165) is 64.3 Å². The lowest BCUT2D eigenvalue weighted by Gasteiger charge is -2.33. The van der Waals surface area contributed by atoms with Crippen LogP contribution in [0.5, 0.6) is 0 Å². The normalized spacial score (nSPS) is 23.0.